The number of carbonyl (C=O) groups is 2. The van der Waals surface area contributed by atoms with Crippen LogP contribution in [0.3, 0.4) is 0 Å². The van der Waals surface area contributed by atoms with Gasteiger partial charge < -0.3 is 4.90 Å². The molecule has 21 heavy (non-hydrogen) atoms. The van der Waals surface area contributed by atoms with Gasteiger partial charge in [0.25, 0.3) is 5.91 Å². The maximum absolute atomic E-state index is 12.0. The van der Waals surface area contributed by atoms with E-state index in [1.54, 1.807) is 0 Å². The van der Waals surface area contributed by atoms with Crippen molar-refractivity contribution in [3.05, 3.63) is 29.8 Å². The van der Waals surface area contributed by atoms with Crippen LogP contribution in [0.1, 0.15) is 25.3 Å². The smallest absolute Gasteiger partial charge is 0.257 e. The minimum Gasteiger partial charge on any atom is -0.362 e. The van der Waals surface area contributed by atoms with Crippen LogP contribution in [0.25, 0.3) is 0 Å². The maximum atomic E-state index is 12.0. The molecule has 0 bridgehead atoms. The predicted octanol–water partition coefficient (Wildman–Crippen LogP) is 1.24. The Morgan fingerprint density at radius 2 is 2.05 bits per heavy atom. The summed E-state index contributed by atoms with van der Waals surface area (Å²) in [5.41, 5.74) is 7.46. The summed E-state index contributed by atoms with van der Waals surface area (Å²) < 4.78 is 0. The number of anilines is 1. The van der Waals surface area contributed by atoms with E-state index in [1.807, 2.05) is 25.1 Å². The molecule has 1 aliphatic heterocycles. The van der Waals surface area contributed by atoms with E-state index in [0.717, 1.165) is 31.5 Å². The first kappa shape index (κ1) is 13.9. The van der Waals surface area contributed by atoms with Gasteiger partial charge >= 0.3 is 0 Å². The van der Waals surface area contributed by atoms with Crippen LogP contribution in [0.5, 0.6) is 0 Å². The van der Waals surface area contributed by atoms with Crippen molar-refractivity contribution < 1.29 is 9.59 Å². The van der Waals surface area contributed by atoms with E-state index in [9.17, 15) is 9.59 Å². The van der Waals surface area contributed by atoms with E-state index in [0.29, 0.717) is 5.92 Å². The largest absolute Gasteiger partial charge is 0.362 e. The molecule has 5 heteroatoms. The first-order valence-corrected chi connectivity index (χ1v) is 7.56. The molecule has 1 saturated carbocycles. The number of nitrogens with zero attached hydrogens (tertiary/aromatic N) is 1. The minimum atomic E-state index is -0.173. The van der Waals surface area contributed by atoms with Crippen molar-refractivity contribution >= 4 is 17.5 Å². The second-order valence-corrected chi connectivity index (χ2v) is 6.01. The molecule has 1 aliphatic carbocycles. The average Bonchev–Trinajstić information content (AvgIpc) is 3.22. The van der Waals surface area contributed by atoms with Crippen molar-refractivity contribution in [1.82, 2.24) is 10.9 Å². The Labute approximate surface area is 124 Å². The van der Waals surface area contributed by atoms with Crippen LogP contribution < -0.4 is 15.8 Å². The first-order valence-electron chi connectivity index (χ1n) is 7.56. The Balaban J connectivity index is 1.52. The zero-order valence-corrected chi connectivity index (χ0v) is 12.3. The van der Waals surface area contributed by atoms with E-state index in [4.69, 9.17) is 0 Å². The summed E-state index contributed by atoms with van der Waals surface area (Å²) in [5, 5.41) is 0. The fourth-order valence-corrected chi connectivity index (χ4v) is 2.90. The van der Waals surface area contributed by atoms with Crippen molar-refractivity contribution in [2.24, 2.45) is 11.8 Å². The number of hydrogen-bond donors (Lipinski definition) is 2. The molecule has 5 nitrogen and oxygen atoms in total. The monoisotopic (exact) mass is 287 g/mol. The molecule has 0 unspecified atom stereocenters. The molecule has 0 aromatic heterocycles. The Morgan fingerprint density at radius 3 is 2.81 bits per heavy atom. The van der Waals surface area contributed by atoms with E-state index in [1.165, 1.54) is 5.56 Å². The van der Waals surface area contributed by atoms with Gasteiger partial charge in [0.05, 0.1) is 6.54 Å². The number of benzene rings is 1. The maximum Gasteiger partial charge on any atom is 0.257 e. The number of rotatable bonds is 3. The highest BCUT2D eigenvalue weighted by Gasteiger charge is 2.39. The lowest BCUT2D eigenvalue weighted by atomic mass is 10.0. The van der Waals surface area contributed by atoms with Crippen LogP contribution >= 0.6 is 0 Å². The van der Waals surface area contributed by atoms with Crippen LogP contribution in [-0.2, 0) is 16.0 Å². The van der Waals surface area contributed by atoms with Gasteiger partial charge in [0.2, 0.25) is 5.91 Å². The number of amides is 2. The molecule has 1 aromatic carbocycles. The third-order valence-corrected chi connectivity index (χ3v) is 4.31. The van der Waals surface area contributed by atoms with Crippen molar-refractivity contribution in [3.8, 4) is 0 Å². The number of nitrogens with one attached hydrogen (secondary N) is 2. The molecule has 1 aromatic rings. The summed E-state index contributed by atoms with van der Waals surface area (Å²) >= 11 is 0. The molecule has 2 aliphatic rings. The Morgan fingerprint density at radius 1 is 1.29 bits per heavy atom. The lowest BCUT2D eigenvalue weighted by Gasteiger charge is -2.30. The fraction of sp³-hybridized carbons (Fsp3) is 0.500. The Hall–Kier alpha value is -2.04. The predicted molar refractivity (Wildman–Crippen MR) is 80.5 cm³/mol. The molecule has 1 fully saturated rings. The van der Waals surface area contributed by atoms with Gasteiger partial charge in [-0.3, -0.25) is 20.4 Å². The van der Waals surface area contributed by atoms with E-state index in [2.05, 4.69) is 21.8 Å². The number of carbonyl (C=O) groups excluding carboxylic acids is 2. The van der Waals surface area contributed by atoms with Crippen LogP contribution in [0.4, 0.5) is 5.69 Å². The van der Waals surface area contributed by atoms with Gasteiger partial charge in [0.1, 0.15) is 0 Å². The molecule has 3 rings (SSSR count). The third kappa shape index (κ3) is 3.17. The van der Waals surface area contributed by atoms with Crippen LogP contribution in [-0.4, -0.2) is 24.9 Å². The summed E-state index contributed by atoms with van der Waals surface area (Å²) in [4.78, 5) is 25.7. The summed E-state index contributed by atoms with van der Waals surface area (Å²) in [6.07, 6.45) is 3.03. The summed E-state index contributed by atoms with van der Waals surface area (Å²) in [7, 11) is 0. The molecule has 2 atom stereocenters. The fourth-order valence-electron chi connectivity index (χ4n) is 2.90. The van der Waals surface area contributed by atoms with Crippen molar-refractivity contribution in [2.75, 3.05) is 18.0 Å². The normalized spacial score (nSPS) is 23.2. The standard InChI is InChI=1S/C16H21N3O2/c1-11-9-13(11)16(21)18-17-15(20)10-19-8-4-6-12-5-2-3-7-14(12)19/h2-3,5,7,11,13H,4,6,8-10H2,1H3,(H,17,20)(H,18,21)/t11-,13+/m1/s1. The molecule has 112 valence electrons. The second kappa shape index (κ2) is 5.76. The van der Waals surface area contributed by atoms with Gasteiger partial charge in [0.15, 0.2) is 0 Å². The van der Waals surface area contributed by atoms with Crippen LogP contribution in [0.15, 0.2) is 24.3 Å². The van der Waals surface area contributed by atoms with Gasteiger partial charge in [0, 0.05) is 18.2 Å². The molecule has 2 N–H and O–H groups in total. The summed E-state index contributed by atoms with van der Waals surface area (Å²) in [6.45, 7) is 3.19. The first-order chi connectivity index (χ1) is 10.1. The number of para-hydroxylation sites is 1. The Kier molecular flexibility index (Phi) is 3.82. The van der Waals surface area contributed by atoms with Crippen LogP contribution in [0.2, 0.25) is 0 Å². The zero-order valence-electron chi connectivity index (χ0n) is 12.3. The highest BCUT2D eigenvalue weighted by Crippen LogP contribution is 2.37. The van der Waals surface area contributed by atoms with E-state index < -0.39 is 0 Å². The lowest BCUT2D eigenvalue weighted by Crippen LogP contribution is -2.48. The molecular weight excluding hydrogens is 266 g/mol. The molecule has 2 amide bonds. The van der Waals surface area contributed by atoms with E-state index >= 15 is 0 Å². The van der Waals surface area contributed by atoms with Crippen molar-refractivity contribution in [1.29, 1.82) is 0 Å². The summed E-state index contributed by atoms with van der Waals surface area (Å²) in [5.74, 6) is 0.264. The number of aryl methyl sites for hydroxylation is 1. The quantitative estimate of drug-likeness (QED) is 0.822. The minimum absolute atomic E-state index is 0.0704. The van der Waals surface area contributed by atoms with Gasteiger partial charge in [-0.15, -0.1) is 0 Å². The highest BCUT2D eigenvalue weighted by molar-refractivity contribution is 5.87. The Bertz CT molecular complexity index is 558. The second-order valence-electron chi connectivity index (χ2n) is 6.01. The molecule has 1 heterocycles. The van der Waals surface area contributed by atoms with Gasteiger partial charge in [-0.05, 0) is 36.8 Å². The number of hydrogen-bond acceptors (Lipinski definition) is 3. The van der Waals surface area contributed by atoms with Crippen LogP contribution in [0, 0.1) is 11.8 Å². The zero-order chi connectivity index (χ0) is 14.8. The van der Waals surface area contributed by atoms with Gasteiger partial charge in [-0.1, -0.05) is 25.1 Å². The molecular formula is C16H21N3O2. The summed E-state index contributed by atoms with van der Waals surface area (Å²) in [6, 6.07) is 8.17. The van der Waals surface area contributed by atoms with Crippen molar-refractivity contribution in [3.63, 3.8) is 0 Å². The van der Waals surface area contributed by atoms with Gasteiger partial charge in [-0.2, -0.15) is 0 Å². The number of hydrazine groups is 1. The lowest BCUT2D eigenvalue weighted by molar-refractivity contribution is -0.129. The molecule has 0 radical (unpaired) electrons. The average molecular weight is 287 g/mol. The SMILES string of the molecule is C[C@@H]1C[C@@H]1C(=O)NNC(=O)CN1CCCc2ccccc21. The topological polar surface area (TPSA) is 61.4 Å². The highest BCUT2D eigenvalue weighted by atomic mass is 16.2. The number of fused-ring (bicyclic) bond motifs is 1. The molecule has 0 saturated heterocycles. The van der Waals surface area contributed by atoms with Crippen molar-refractivity contribution in [2.45, 2.75) is 26.2 Å². The van der Waals surface area contributed by atoms with E-state index in [-0.39, 0.29) is 24.3 Å². The third-order valence-electron chi connectivity index (χ3n) is 4.31. The van der Waals surface area contributed by atoms with Gasteiger partial charge in [-0.25, -0.2) is 0 Å². The molecule has 0 spiro atoms.